The molecule has 0 fully saturated rings. The lowest BCUT2D eigenvalue weighted by Crippen LogP contribution is -2.17. The molecule has 1 heterocycles. The molecular formula is C14H18N2O2S. The fourth-order valence-electron chi connectivity index (χ4n) is 1.99. The van der Waals surface area contributed by atoms with Crippen LogP contribution in [0.2, 0.25) is 0 Å². The van der Waals surface area contributed by atoms with Crippen molar-refractivity contribution < 1.29 is 10.2 Å². The van der Waals surface area contributed by atoms with E-state index in [4.69, 9.17) is 0 Å². The first-order valence-electron chi connectivity index (χ1n) is 6.26. The summed E-state index contributed by atoms with van der Waals surface area (Å²) in [6.45, 7) is 7.09. The average Bonchev–Trinajstić information content (AvgIpc) is 2.75. The Balaban J connectivity index is 2.36. The molecule has 0 spiro atoms. The third-order valence-corrected chi connectivity index (χ3v) is 4.35. The van der Waals surface area contributed by atoms with Gasteiger partial charge in [0.1, 0.15) is 5.01 Å². The van der Waals surface area contributed by atoms with Crippen LogP contribution in [0.4, 0.5) is 0 Å². The number of nitrogens with one attached hydrogen (secondary N) is 1. The van der Waals surface area contributed by atoms with E-state index >= 15 is 0 Å². The fraction of sp³-hybridized carbons (Fsp3) is 0.357. The van der Waals surface area contributed by atoms with Gasteiger partial charge in [0.2, 0.25) is 0 Å². The summed E-state index contributed by atoms with van der Waals surface area (Å²) in [6, 6.07) is 5.04. The number of nitrogens with zero attached hydrogens (tertiary/aromatic N) is 1. The second-order valence-corrected chi connectivity index (χ2v) is 5.48. The molecule has 1 atom stereocenters. The van der Waals surface area contributed by atoms with Crippen molar-refractivity contribution in [1.29, 1.82) is 0 Å². The topological polar surface area (TPSA) is 65.4 Å². The molecule has 1 aromatic heterocycles. The molecular weight excluding hydrogens is 260 g/mol. The smallest absolute Gasteiger partial charge is 0.158 e. The third kappa shape index (κ3) is 2.88. The van der Waals surface area contributed by atoms with Crippen molar-refractivity contribution in [2.24, 2.45) is 0 Å². The summed E-state index contributed by atoms with van der Waals surface area (Å²) in [5.41, 5.74) is 1.82. The summed E-state index contributed by atoms with van der Waals surface area (Å²) in [5.74, 6) is -0.232. The van der Waals surface area contributed by atoms with Crippen molar-refractivity contribution in [3.63, 3.8) is 0 Å². The summed E-state index contributed by atoms with van der Waals surface area (Å²) in [6.07, 6.45) is 0. The summed E-state index contributed by atoms with van der Waals surface area (Å²) < 4.78 is 0. The van der Waals surface area contributed by atoms with E-state index < -0.39 is 0 Å². The van der Waals surface area contributed by atoms with Crippen LogP contribution in [0.5, 0.6) is 11.5 Å². The quantitative estimate of drug-likeness (QED) is 0.751. The Hall–Kier alpha value is -1.59. The summed E-state index contributed by atoms with van der Waals surface area (Å²) in [7, 11) is 0. The zero-order chi connectivity index (χ0) is 14.0. The molecule has 0 bridgehead atoms. The van der Waals surface area contributed by atoms with Crippen molar-refractivity contribution in [2.45, 2.75) is 26.8 Å². The molecule has 1 unspecified atom stereocenters. The van der Waals surface area contributed by atoms with E-state index in [1.165, 1.54) is 17.0 Å². The monoisotopic (exact) mass is 278 g/mol. The molecule has 0 saturated carbocycles. The minimum atomic E-state index is -0.119. The number of aryl methyl sites for hydroxylation is 1. The number of hydrogen-bond donors (Lipinski definition) is 3. The van der Waals surface area contributed by atoms with Gasteiger partial charge in [-0.2, -0.15) is 0 Å². The Morgan fingerprint density at radius 2 is 2.05 bits per heavy atom. The third-order valence-electron chi connectivity index (χ3n) is 2.96. The van der Waals surface area contributed by atoms with E-state index in [9.17, 15) is 10.2 Å². The van der Waals surface area contributed by atoms with Crippen LogP contribution < -0.4 is 5.32 Å². The summed E-state index contributed by atoms with van der Waals surface area (Å²) in [5, 5.41) is 23.1. The van der Waals surface area contributed by atoms with E-state index in [1.54, 1.807) is 17.4 Å². The average molecular weight is 278 g/mol. The van der Waals surface area contributed by atoms with Crippen LogP contribution in [0.1, 0.15) is 30.5 Å². The van der Waals surface area contributed by atoms with Crippen molar-refractivity contribution in [3.05, 3.63) is 28.8 Å². The lowest BCUT2D eigenvalue weighted by atomic mass is 10.2. The molecule has 0 aliphatic carbocycles. The summed E-state index contributed by atoms with van der Waals surface area (Å²) >= 11 is 1.61. The van der Waals surface area contributed by atoms with Crippen LogP contribution >= 0.6 is 11.3 Å². The number of benzene rings is 1. The zero-order valence-electron chi connectivity index (χ0n) is 11.3. The Bertz CT molecular complexity index is 581. The predicted molar refractivity (Wildman–Crippen MR) is 77.7 cm³/mol. The van der Waals surface area contributed by atoms with Crippen LogP contribution in [0.15, 0.2) is 18.2 Å². The van der Waals surface area contributed by atoms with Crippen molar-refractivity contribution in [2.75, 3.05) is 6.54 Å². The van der Waals surface area contributed by atoms with Gasteiger partial charge in [-0.3, -0.25) is 0 Å². The molecule has 5 heteroatoms. The van der Waals surface area contributed by atoms with E-state index in [0.29, 0.717) is 0 Å². The molecule has 0 radical (unpaired) electrons. The molecule has 102 valence electrons. The van der Waals surface area contributed by atoms with E-state index in [2.05, 4.69) is 24.1 Å². The van der Waals surface area contributed by atoms with Crippen molar-refractivity contribution in [1.82, 2.24) is 10.3 Å². The SMILES string of the molecule is CCNC(C)c1sc(-c2ccc(O)c(O)c2)nc1C. The van der Waals surface area contributed by atoms with Crippen molar-refractivity contribution in [3.8, 4) is 22.1 Å². The molecule has 0 amide bonds. The Morgan fingerprint density at radius 1 is 1.32 bits per heavy atom. The molecule has 1 aromatic carbocycles. The second kappa shape index (κ2) is 5.59. The molecule has 2 rings (SSSR count). The molecule has 19 heavy (non-hydrogen) atoms. The number of aromatic nitrogens is 1. The molecule has 0 aliphatic rings. The van der Waals surface area contributed by atoms with Gasteiger partial charge in [0.15, 0.2) is 11.5 Å². The fourth-order valence-corrected chi connectivity index (χ4v) is 3.08. The normalized spacial score (nSPS) is 12.6. The maximum atomic E-state index is 9.55. The number of phenols is 2. The lowest BCUT2D eigenvalue weighted by Gasteiger charge is -2.09. The zero-order valence-corrected chi connectivity index (χ0v) is 12.1. The highest BCUT2D eigenvalue weighted by molar-refractivity contribution is 7.15. The minimum absolute atomic E-state index is 0.113. The van der Waals surface area contributed by atoms with Crippen LogP contribution in [-0.2, 0) is 0 Å². The van der Waals surface area contributed by atoms with Crippen molar-refractivity contribution >= 4 is 11.3 Å². The largest absolute Gasteiger partial charge is 0.504 e. The first-order chi connectivity index (χ1) is 9.02. The van der Waals surface area contributed by atoms with Gasteiger partial charge in [-0.05, 0) is 38.6 Å². The maximum absolute atomic E-state index is 9.55. The van der Waals surface area contributed by atoms with Crippen LogP contribution in [0.25, 0.3) is 10.6 Å². The van der Waals surface area contributed by atoms with E-state index in [-0.39, 0.29) is 17.5 Å². The van der Waals surface area contributed by atoms with Gasteiger partial charge in [-0.25, -0.2) is 4.98 Å². The molecule has 4 nitrogen and oxygen atoms in total. The van der Waals surface area contributed by atoms with Gasteiger partial charge < -0.3 is 15.5 Å². The molecule has 2 aromatic rings. The van der Waals surface area contributed by atoms with Gasteiger partial charge in [-0.15, -0.1) is 11.3 Å². The number of aromatic hydroxyl groups is 2. The highest BCUT2D eigenvalue weighted by Crippen LogP contribution is 2.35. The number of hydrogen-bond acceptors (Lipinski definition) is 5. The van der Waals surface area contributed by atoms with Gasteiger partial charge in [0.05, 0.1) is 5.69 Å². The first-order valence-corrected chi connectivity index (χ1v) is 7.07. The van der Waals surface area contributed by atoms with Gasteiger partial charge in [0, 0.05) is 16.5 Å². The van der Waals surface area contributed by atoms with E-state index in [0.717, 1.165) is 22.8 Å². The Kier molecular flexibility index (Phi) is 4.07. The van der Waals surface area contributed by atoms with Crippen LogP contribution in [-0.4, -0.2) is 21.7 Å². The maximum Gasteiger partial charge on any atom is 0.158 e. The highest BCUT2D eigenvalue weighted by atomic mass is 32.1. The molecule has 3 N–H and O–H groups in total. The number of rotatable bonds is 4. The minimum Gasteiger partial charge on any atom is -0.504 e. The van der Waals surface area contributed by atoms with Crippen LogP contribution in [0.3, 0.4) is 0 Å². The highest BCUT2D eigenvalue weighted by Gasteiger charge is 2.15. The van der Waals surface area contributed by atoms with Gasteiger partial charge >= 0.3 is 0 Å². The number of phenolic OH excluding ortho intramolecular Hbond substituents is 2. The van der Waals surface area contributed by atoms with Crippen LogP contribution in [0, 0.1) is 6.92 Å². The van der Waals surface area contributed by atoms with Gasteiger partial charge in [-0.1, -0.05) is 6.92 Å². The Labute approximate surface area is 116 Å². The van der Waals surface area contributed by atoms with E-state index in [1.807, 2.05) is 6.92 Å². The number of thiazole rings is 1. The Morgan fingerprint density at radius 3 is 2.68 bits per heavy atom. The predicted octanol–water partition coefficient (Wildman–Crippen LogP) is 3.20. The van der Waals surface area contributed by atoms with Gasteiger partial charge in [0.25, 0.3) is 0 Å². The first kappa shape index (κ1) is 13.8. The second-order valence-electron chi connectivity index (χ2n) is 4.45. The molecule has 0 saturated heterocycles. The standard InChI is InChI=1S/C14H18N2O2S/c1-4-15-8(2)13-9(3)16-14(19-13)10-5-6-11(17)12(18)7-10/h5-8,15,17-18H,4H2,1-3H3. The molecule has 0 aliphatic heterocycles. The summed E-state index contributed by atoms with van der Waals surface area (Å²) in [4.78, 5) is 5.74. The lowest BCUT2D eigenvalue weighted by molar-refractivity contribution is 0.404.